The van der Waals surface area contributed by atoms with E-state index in [0.29, 0.717) is 0 Å². The lowest BCUT2D eigenvalue weighted by Crippen LogP contribution is -2.36. The van der Waals surface area contributed by atoms with E-state index >= 15 is 0 Å². The predicted molar refractivity (Wildman–Crippen MR) is 94.0 cm³/mol. The van der Waals surface area contributed by atoms with Crippen molar-refractivity contribution >= 4 is 43.2 Å². The summed E-state index contributed by atoms with van der Waals surface area (Å²) in [5.41, 5.74) is 7.48. The first-order chi connectivity index (χ1) is 9.49. The second-order valence-electron chi connectivity index (χ2n) is 4.95. The molecule has 2 rings (SSSR count). The van der Waals surface area contributed by atoms with Gasteiger partial charge in [0.05, 0.1) is 9.83 Å². The molecule has 20 heavy (non-hydrogen) atoms. The van der Waals surface area contributed by atoms with E-state index in [2.05, 4.69) is 81.1 Å². The topological polar surface area (TPSA) is 29.3 Å². The molecule has 2 aromatic rings. The maximum atomic E-state index is 6.21. The van der Waals surface area contributed by atoms with Crippen molar-refractivity contribution in [3.8, 4) is 0 Å². The first kappa shape index (κ1) is 16.2. The normalized spacial score (nSPS) is 14.5. The van der Waals surface area contributed by atoms with Crippen molar-refractivity contribution in [2.75, 3.05) is 7.05 Å². The van der Waals surface area contributed by atoms with E-state index in [1.165, 1.54) is 10.4 Å². The van der Waals surface area contributed by atoms with Crippen molar-refractivity contribution in [3.63, 3.8) is 0 Å². The number of hydrogen-bond donors (Lipinski definition) is 1. The van der Waals surface area contributed by atoms with E-state index in [1.807, 2.05) is 6.07 Å². The molecule has 1 aromatic heterocycles. The Morgan fingerprint density at radius 2 is 1.90 bits per heavy atom. The molecule has 0 aliphatic rings. The number of nitrogens with zero attached hydrogens (tertiary/aromatic N) is 1. The van der Waals surface area contributed by atoms with Gasteiger partial charge in [-0.25, -0.2) is 0 Å². The summed E-state index contributed by atoms with van der Waals surface area (Å²) in [6.45, 7) is 2.93. The van der Waals surface area contributed by atoms with E-state index < -0.39 is 0 Å². The molecule has 2 atom stereocenters. The highest BCUT2D eigenvalue weighted by molar-refractivity contribution is 9.11. The fourth-order valence-electron chi connectivity index (χ4n) is 2.36. The van der Waals surface area contributed by atoms with Crippen LogP contribution in [0.4, 0.5) is 0 Å². The summed E-state index contributed by atoms with van der Waals surface area (Å²) in [6, 6.07) is 12.9. The molecule has 5 heteroatoms. The van der Waals surface area contributed by atoms with Crippen LogP contribution in [0.3, 0.4) is 0 Å². The molecule has 0 radical (unpaired) electrons. The lowest BCUT2D eigenvalue weighted by atomic mass is 10.1. The SMILES string of the molecule is CC(N)C(c1ccc(Br)s1)N(C)Cc1ccccc1Br. The molecule has 1 aromatic carbocycles. The molecule has 108 valence electrons. The van der Waals surface area contributed by atoms with Gasteiger partial charge in [-0.2, -0.15) is 0 Å². The molecule has 0 bridgehead atoms. The molecule has 0 fully saturated rings. The third-order valence-corrected chi connectivity index (χ3v) is 5.70. The standard InChI is InChI=1S/C15H18Br2N2S/c1-10(18)15(13-7-8-14(17)20-13)19(2)9-11-5-3-4-6-12(11)16/h3-8,10,15H,9,18H2,1-2H3. The fourth-order valence-corrected chi connectivity index (χ4v) is 4.47. The lowest BCUT2D eigenvalue weighted by molar-refractivity contribution is 0.214. The predicted octanol–water partition coefficient (Wildman–Crippen LogP) is 4.79. The van der Waals surface area contributed by atoms with Crippen LogP contribution in [0.25, 0.3) is 0 Å². The van der Waals surface area contributed by atoms with Crippen LogP contribution in [0.15, 0.2) is 44.7 Å². The van der Waals surface area contributed by atoms with Crippen LogP contribution < -0.4 is 5.73 Å². The molecule has 0 aliphatic heterocycles. The monoisotopic (exact) mass is 416 g/mol. The van der Waals surface area contributed by atoms with Crippen molar-refractivity contribution < 1.29 is 0 Å². The number of benzene rings is 1. The molecular weight excluding hydrogens is 400 g/mol. The number of likely N-dealkylation sites (N-methyl/N-ethyl adjacent to an activating group) is 1. The van der Waals surface area contributed by atoms with Gasteiger partial charge in [0.2, 0.25) is 0 Å². The Balaban J connectivity index is 2.20. The Bertz CT molecular complexity index is 569. The van der Waals surface area contributed by atoms with Crippen LogP contribution in [-0.2, 0) is 6.54 Å². The van der Waals surface area contributed by atoms with E-state index in [0.717, 1.165) is 14.8 Å². The van der Waals surface area contributed by atoms with Crippen molar-refractivity contribution in [2.45, 2.75) is 25.6 Å². The molecule has 0 saturated carbocycles. The molecular formula is C15H18Br2N2S. The largest absolute Gasteiger partial charge is 0.326 e. The smallest absolute Gasteiger partial charge is 0.0702 e. The van der Waals surface area contributed by atoms with Crippen LogP contribution in [0.5, 0.6) is 0 Å². The van der Waals surface area contributed by atoms with Gasteiger partial charge in [-0.15, -0.1) is 11.3 Å². The highest BCUT2D eigenvalue weighted by Gasteiger charge is 2.23. The van der Waals surface area contributed by atoms with Gasteiger partial charge in [-0.05, 0) is 53.7 Å². The van der Waals surface area contributed by atoms with E-state index in [1.54, 1.807) is 11.3 Å². The van der Waals surface area contributed by atoms with E-state index in [9.17, 15) is 0 Å². The number of hydrogen-bond acceptors (Lipinski definition) is 3. The van der Waals surface area contributed by atoms with Gasteiger partial charge in [0, 0.05) is 21.9 Å². The summed E-state index contributed by atoms with van der Waals surface area (Å²) in [4.78, 5) is 3.60. The third kappa shape index (κ3) is 3.92. The molecule has 0 spiro atoms. The lowest BCUT2D eigenvalue weighted by Gasteiger charge is -2.30. The van der Waals surface area contributed by atoms with Crippen LogP contribution in [0, 0.1) is 0 Å². The van der Waals surface area contributed by atoms with Gasteiger partial charge in [-0.1, -0.05) is 34.1 Å². The van der Waals surface area contributed by atoms with Crippen LogP contribution >= 0.6 is 43.2 Å². The first-order valence-electron chi connectivity index (χ1n) is 6.43. The van der Waals surface area contributed by atoms with Gasteiger partial charge in [0.15, 0.2) is 0 Å². The highest BCUT2D eigenvalue weighted by atomic mass is 79.9. The molecule has 2 nitrogen and oxygen atoms in total. The summed E-state index contributed by atoms with van der Waals surface area (Å²) in [5.74, 6) is 0. The number of rotatable bonds is 5. The molecule has 2 unspecified atom stereocenters. The maximum Gasteiger partial charge on any atom is 0.0702 e. The van der Waals surface area contributed by atoms with Crippen molar-refractivity contribution in [1.29, 1.82) is 0 Å². The van der Waals surface area contributed by atoms with Crippen molar-refractivity contribution in [2.24, 2.45) is 5.73 Å². The van der Waals surface area contributed by atoms with E-state index in [-0.39, 0.29) is 12.1 Å². The quantitative estimate of drug-likeness (QED) is 0.757. The minimum atomic E-state index is 0.0769. The zero-order chi connectivity index (χ0) is 14.7. The van der Waals surface area contributed by atoms with Gasteiger partial charge in [0.25, 0.3) is 0 Å². The van der Waals surface area contributed by atoms with Gasteiger partial charge >= 0.3 is 0 Å². The maximum absolute atomic E-state index is 6.21. The minimum absolute atomic E-state index is 0.0769. The van der Waals surface area contributed by atoms with Gasteiger partial charge in [-0.3, -0.25) is 4.90 Å². The second kappa shape index (κ2) is 7.18. The summed E-state index contributed by atoms with van der Waals surface area (Å²) in [7, 11) is 2.13. The third-order valence-electron chi connectivity index (χ3n) is 3.24. The molecule has 2 N–H and O–H groups in total. The van der Waals surface area contributed by atoms with E-state index in [4.69, 9.17) is 5.73 Å². The Kier molecular flexibility index (Phi) is 5.81. The van der Waals surface area contributed by atoms with Crippen molar-refractivity contribution in [1.82, 2.24) is 4.90 Å². The summed E-state index contributed by atoms with van der Waals surface area (Å²) < 4.78 is 2.29. The Labute approximate surface area is 141 Å². The Morgan fingerprint density at radius 1 is 1.20 bits per heavy atom. The van der Waals surface area contributed by atoms with Crippen molar-refractivity contribution in [3.05, 3.63) is 55.1 Å². The van der Waals surface area contributed by atoms with Crippen LogP contribution in [0.2, 0.25) is 0 Å². The number of nitrogens with two attached hydrogens (primary N) is 1. The zero-order valence-corrected chi connectivity index (χ0v) is 15.5. The first-order valence-corrected chi connectivity index (χ1v) is 8.83. The summed E-state index contributed by atoms with van der Waals surface area (Å²) in [6.07, 6.45) is 0. The number of thiophene rings is 1. The average molecular weight is 418 g/mol. The summed E-state index contributed by atoms with van der Waals surface area (Å²) in [5, 5.41) is 0. The Hall–Kier alpha value is -0.200. The second-order valence-corrected chi connectivity index (χ2v) is 8.30. The highest BCUT2D eigenvalue weighted by Crippen LogP contribution is 2.33. The molecule has 0 aliphatic carbocycles. The van der Waals surface area contributed by atoms with Crippen LogP contribution in [0.1, 0.15) is 23.4 Å². The average Bonchev–Trinajstić information content (AvgIpc) is 2.78. The number of halogens is 2. The Morgan fingerprint density at radius 3 is 2.45 bits per heavy atom. The molecule has 1 heterocycles. The fraction of sp³-hybridized carbons (Fsp3) is 0.333. The van der Waals surface area contributed by atoms with Gasteiger partial charge in [0.1, 0.15) is 0 Å². The summed E-state index contributed by atoms with van der Waals surface area (Å²) >= 11 is 8.89. The minimum Gasteiger partial charge on any atom is -0.326 e. The molecule has 0 saturated heterocycles. The van der Waals surface area contributed by atoms with Crippen LogP contribution in [-0.4, -0.2) is 18.0 Å². The zero-order valence-electron chi connectivity index (χ0n) is 11.5. The molecule has 0 amide bonds. The van der Waals surface area contributed by atoms with Gasteiger partial charge < -0.3 is 5.73 Å².